The number of hydrogen-bond donors (Lipinski definition) is 0. The van der Waals surface area contributed by atoms with E-state index < -0.39 is 0 Å². The molecule has 0 aliphatic carbocycles. The van der Waals surface area contributed by atoms with Gasteiger partial charge in [-0.05, 0) is 32.0 Å². The van der Waals surface area contributed by atoms with Crippen LogP contribution in [0.15, 0.2) is 59.4 Å². The Balaban J connectivity index is 1.91. The van der Waals surface area contributed by atoms with Gasteiger partial charge in [0.15, 0.2) is 0 Å². The molecular formula is C24H24N3O2S2+. The Kier molecular flexibility index (Phi) is 6.15. The summed E-state index contributed by atoms with van der Waals surface area (Å²) in [4.78, 5) is 26.9. The van der Waals surface area contributed by atoms with E-state index in [1.807, 2.05) is 49.4 Å². The number of hydrogen-bond acceptors (Lipinski definition) is 4. The highest BCUT2D eigenvalue weighted by atomic mass is 32.1. The predicted octanol–water partition coefficient (Wildman–Crippen LogP) is 3.07. The molecule has 4 aromatic rings. The largest absolute Gasteiger partial charge is 0.299 e. The van der Waals surface area contributed by atoms with Gasteiger partial charge in [0.2, 0.25) is 11.4 Å². The van der Waals surface area contributed by atoms with Gasteiger partial charge in [0.05, 0.1) is 6.08 Å². The minimum atomic E-state index is -0.138. The number of aryl methyl sites for hydroxylation is 1. The van der Waals surface area contributed by atoms with Crippen molar-refractivity contribution in [2.24, 2.45) is 0 Å². The minimum Gasteiger partial charge on any atom is -0.299 e. The highest BCUT2D eigenvalue weighted by Crippen LogP contribution is 2.20. The highest BCUT2D eigenvalue weighted by Gasteiger charge is 2.17. The summed E-state index contributed by atoms with van der Waals surface area (Å²) in [5.74, 6) is -0.138. The standard InChI is InChI=1S/C24H24N3O2S2/c1-4-25-19-13-9-10-14-20(19)30-22(25)15-23-26(5-2)24(29)21(31-23)16-27(17(3)28)18-11-7-6-8-12-18/h6-16H,4-5H2,1-3H3/q+1/b21-16+. The van der Waals surface area contributed by atoms with Crippen LogP contribution in [-0.4, -0.2) is 10.5 Å². The average Bonchev–Trinajstić information content (AvgIpc) is 3.28. The lowest BCUT2D eigenvalue weighted by Crippen LogP contribution is -2.35. The molecular weight excluding hydrogens is 426 g/mol. The molecule has 0 saturated heterocycles. The number of thiazole rings is 2. The lowest BCUT2D eigenvalue weighted by atomic mass is 10.3. The zero-order chi connectivity index (χ0) is 22.0. The van der Waals surface area contributed by atoms with Crippen molar-refractivity contribution in [2.45, 2.75) is 33.9 Å². The number of para-hydroxylation sites is 2. The lowest BCUT2D eigenvalue weighted by molar-refractivity contribution is -0.665. The molecule has 0 aliphatic rings. The van der Waals surface area contributed by atoms with Gasteiger partial charge in [-0.2, -0.15) is 4.57 Å². The molecule has 0 N–H and O–H groups in total. The molecule has 2 heterocycles. The van der Waals surface area contributed by atoms with Crippen LogP contribution < -0.4 is 24.2 Å². The molecule has 2 aromatic carbocycles. The average molecular weight is 451 g/mol. The van der Waals surface area contributed by atoms with Crippen LogP contribution in [-0.2, 0) is 17.9 Å². The second-order valence-electron chi connectivity index (χ2n) is 7.00. The van der Waals surface area contributed by atoms with Crippen molar-refractivity contribution in [3.05, 3.63) is 79.2 Å². The second kappa shape index (κ2) is 8.99. The van der Waals surface area contributed by atoms with Crippen molar-refractivity contribution in [1.29, 1.82) is 0 Å². The van der Waals surface area contributed by atoms with Crippen LogP contribution in [0.2, 0.25) is 0 Å². The van der Waals surface area contributed by atoms with Gasteiger partial charge < -0.3 is 0 Å². The molecule has 4 rings (SSSR count). The number of amides is 1. The molecule has 5 nitrogen and oxygen atoms in total. The van der Waals surface area contributed by atoms with Crippen molar-refractivity contribution in [2.75, 3.05) is 4.90 Å². The Morgan fingerprint density at radius 1 is 1.06 bits per heavy atom. The third-order valence-corrected chi connectivity index (χ3v) is 7.23. The Hall–Kier alpha value is -3.03. The number of anilines is 1. The summed E-state index contributed by atoms with van der Waals surface area (Å²) >= 11 is 3.13. The fourth-order valence-corrected chi connectivity index (χ4v) is 5.89. The van der Waals surface area contributed by atoms with Crippen molar-refractivity contribution in [3.8, 4) is 0 Å². The van der Waals surface area contributed by atoms with E-state index in [4.69, 9.17) is 0 Å². The molecule has 158 valence electrons. The third-order valence-electron chi connectivity index (χ3n) is 5.07. The number of benzene rings is 2. The first-order valence-electron chi connectivity index (χ1n) is 10.2. The van der Waals surface area contributed by atoms with E-state index in [0.717, 1.165) is 21.9 Å². The number of aromatic nitrogens is 2. The minimum absolute atomic E-state index is 0.0786. The number of carbonyl (C=O) groups excluding carboxylic acids is 1. The van der Waals surface area contributed by atoms with E-state index in [1.165, 1.54) is 33.4 Å². The first kappa shape index (κ1) is 21.2. The predicted molar refractivity (Wildman–Crippen MR) is 129 cm³/mol. The molecule has 0 fully saturated rings. The smallest absolute Gasteiger partial charge is 0.270 e. The number of nitrogens with zero attached hydrogens (tertiary/aromatic N) is 3. The zero-order valence-corrected chi connectivity index (χ0v) is 19.4. The normalized spacial score (nSPS) is 12.6. The van der Waals surface area contributed by atoms with Crippen LogP contribution >= 0.6 is 22.7 Å². The number of carbonyl (C=O) groups is 1. The van der Waals surface area contributed by atoms with Crippen molar-refractivity contribution in [1.82, 2.24) is 4.57 Å². The maximum Gasteiger partial charge on any atom is 0.270 e. The summed E-state index contributed by atoms with van der Waals surface area (Å²) in [6.45, 7) is 7.01. The van der Waals surface area contributed by atoms with E-state index in [1.54, 1.807) is 22.1 Å². The molecule has 0 radical (unpaired) electrons. The Morgan fingerprint density at radius 3 is 2.45 bits per heavy atom. The molecule has 7 heteroatoms. The topological polar surface area (TPSA) is 46.2 Å². The summed E-state index contributed by atoms with van der Waals surface area (Å²) in [5.41, 5.74) is 1.86. The van der Waals surface area contributed by atoms with Gasteiger partial charge in [-0.1, -0.05) is 41.7 Å². The molecule has 31 heavy (non-hydrogen) atoms. The fraction of sp³-hybridized carbons (Fsp3) is 0.208. The summed E-state index contributed by atoms with van der Waals surface area (Å²) in [7, 11) is 0. The lowest BCUT2D eigenvalue weighted by Gasteiger charge is -2.15. The third kappa shape index (κ3) is 4.11. The van der Waals surface area contributed by atoms with Gasteiger partial charge in [-0.15, -0.1) is 11.3 Å². The molecule has 0 unspecified atom stereocenters. The second-order valence-corrected chi connectivity index (χ2v) is 9.13. The van der Waals surface area contributed by atoms with E-state index in [9.17, 15) is 9.59 Å². The Labute approximate surface area is 188 Å². The summed E-state index contributed by atoms with van der Waals surface area (Å²) < 4.78 is 6.67. The molecule has 0 spiro atoms. The summed E-state index contributed by atoms with van der Waals surface area (Å²) in [5, 5.41) is 1.10. The molecule has 0 bridgehead atoms. The Bertz CT molecular complexity index is 1410. The van der Waals surface area contributed by atoms with Crippen LogP contribution in [0.1, 0.15) is 25.8 Å². The van der Waals surface area contributed by atoms with Crippen molar-refractivity contribution >= 4 is 56.8 Å². The number of fused-ring (bicyclic) bond motifs is 1. The molecule has 2 aromatic heterocycles. The van der Waals surface area contributed by atoms with Gasteiger partial charge in [-0.25, -0.2) is 0 Å². The van der Waals surface area contributed by atoms with E-state index in [2.05, 4.69) is 29.7 Å². The van der Waals surface area contributed by atoms with E-state index in [-0.39, 0.29) is 11.5 Å². The van der Waals surface area contributed by atoms with Crippen LogP contribution in [0, 0.1) is 0 Å². The maximum atomic E-state index is 13.1. The van der Waals surface area contributed by atoms with E-state index in [0.29, 0.717) is 11.1 Å². The highest BCUT2D eigenvalue weighted by molar-refractivity contribution is 7.19. The van der Waals surface area contributed by atoms with Crippen molar-refractivity contribution < 1.29 is 9.36 Å². The van der Waals surface area contributed by atoms with Gasteiger partial charge in [0.25, 0.3) is 10.6 Å². The van der Waals surface area contributed by atoms with Crippen LogP contribution in [0.3, 0.4) is 0 Å². The SMILES string of the molecule is CCn1c(=O)/c(=C\N(C(C)=O)c2ccccc2)s/c1=C\c1sc2ccccc2[n+]1CC. The quantitative estimate of drug-likeness (QED) is 0.439. The van der Waals surface area contributed by atoms with Crippen LogP contribution in [0.4, 0.5) is 5.69 Å². The summed E-state index contributed by atoms with van der Waals surface area (Å²) in [6, 6.07) is 17.7. The van der Waals surface area contributed by atoms with Gasteiger partial charge >= 0.3 is 0 Å². The first-order valence-corrected chi connectivity index (χ1v) is 11.9. The van der Waals surface area contributed by atoms with Gasteiger partial charge in [0.1, 0.15) is 20.4 Å². The molecule has 0 aliphatic heterocycles. The van der Waals surface area contributed by atoms with Crippen LogP contribution in [0.5, 0.6) is 0 Å². The van der Waals surface area contributed by atoms with Crippen molar-refractivity contribution in [3.63, 3.8) is 0 Å². The zero-order valence-electron chi connectivity index (χ0n) is 17.7. The van der Waals surface area contributed by atoms with Crippen LogP contribution in [0.25, 0.3) is 22.5 Å². The first-order chi connectivity index (χ1) is 15.0. The van der Waals surface area contributed by atoms with Gasteiger partial charge in [0, 0.05) is 31.4 Å². The fourth-order valence-electron chi connectivity index (χ4n) is 3.58. The number of rotatable bonds is 5. The molecule has 0 atom stereocenters. The summed E-state index contributed by atoms with van der Waals surface area (Å²) in [6.07, 6.45) is 3.74. The maximum absolute atomic E-state index is 13.1. The molecule has 0 saturated carbocycles. The van der Waals surface area contributed by atoms with E-state index >= 15 is 0 Å². The molecule has 1 amide bonds. The monoisotopic (exact) mass is 450 g/mol. The van der Waals surface area contributed by atoms with Gasteiger partial charge in [-0.3, -0.25) is 19.1 Å². The Morgan fingerprint density at radius 2 is 1.77 bits per heavy atom.